The summed E-state index contributed by atoms with van der Waals surface area (Å²) in [7, 11) is 1.53. The molecule has 33 heavy (non-hydrogen) atoms. The topological polar surface area (TPSA) is 108 Å². The fourth-order valence-corrected chi connectivity index (χ4v) is 4.53. The molecule has 1 aromatic heterocycles. The van der Waals surface area contributed by atoms with Crippen LogP contribution in [0.2, 0.25) is 0 Å². The van der Waals surface area contributed by atoms with Crippen LogP contribution in [0, 0.1) is 6.92 Å². The summed E-state index contributed by atoms with van der Waals surface area (Å²) in [5.74, 6) is 0.0423. The van der Waals surface area contributed by atoms with E-state index in [9.17, 15) is 14.7 Å². The zero-order valence-corrected chi connectivity index (χ0v) is 19.2. The van der Waals surface area contributed by atoms with Gasteiger partial charge in [0, 0.05) is 12.6 Å². The van der Waals surface area contributed by atoms with Gasteiger partial charge < -0.3 is 15.7 Å². The second-order valence-electron chi connectivity index (χ2n) is 8.97. The van der Waals surface area contributed by atoms with E-state index >= 15 is 0 Å². The Labute approximate surface area is 193 Å². The number of rotatable bonds is 4. The van der Waals surface area contributed by atoms with Gasteiger partial charge >= 0.3 is 6.03 Å². The number of aliphatic hydroxyl groups is 1. The molecule has 3 aromatic rings. The van der Waals surface area contributed by atoms with E-state index in [-0.39, 0.29) is 17.0 Å². The van der Waals surface area contributed by atoms with Gasteiger partial charge in [0.1, 0.15) is 5.82 Å². The average Bonchev–Trinajstić information content (AvgIpc) is 3.12. The van der Waals surface area contributed by atoms with Crippen LogP contribution >= 0.6 is 0 Å². The molecule has 8 heteroatoms. The fraction of sp³-hybridized carbons (Fsp3) is 0.320. The molecule has 0 radical (unpaired) electrons. The van der Waals surface area contributed by atoms with Crippen molar-refractivity contribution in [3.63, 3.8) is 0 Å². The molecule has 0 aliphatic heterocycles. The molecule has 2 atom stereocenters. The number of aliphatic hydroxyl groups excluding tert-OH is 1. The summed E-state index contributed by atoms with van der Waals surface area (Å²) in [5.41, 5.74) is 3.27. The lowest BCUT2D eigenvalue weighted by Crippen LogP contribution is -2.45. The van der Waals surface area contributed by atoms with E-state index in [2.05, 4.69) is 34.9 Å². The second kappa shape index (κ2) is 8.71. The fourth-order valence-electron chi connectivity index (χ4n) is 4.53. The number of aromatic nitrogens is 2. The van der Waals surface area contributed by atoms with Gasteiger partial charge in [-0.25, -0.2) is 9.48 Å². The third-order valence-corrected chi connectivity index (χ3v) is 6.21. The number of anilines is 1. The highest BCUT2D eigenvalue weighted by Crippen LogP contribution is 2.41. The minimum atomic E-state index is -0.734. The maximum atomic E-state index is 13.1. The number of carbonyl (C=O) groups excluding carboxylic acids is 2. The van der Waals surface area contributed by atoms with Crippen molar-refractivity contribution in [2.75, 3.05) is 12.4 Å². The van der Waals surface area contributed by atoms with Crippen molar-refractivity contribution in [3.8, 4) is 5.69 Å². The maximum Gasteiger partial charge on any atom is 0.320 e. The zero-order valence-electron chi connectivity index (χ0n) is 19.2. The Morgan fingerprint density at radius 1 is 1.09 bits per heavy atom. The molecule has 2 aromatic carbocycles. The Bertz CT molecular complexity index is 1190. The monoisotopic (exact) mass is 447 g/mol. The van der Waals surface area contributed by atoms with E-state index in [0.29, 0.717) is 23.5 Å². The highest BCUT2D eigenvalue weighted by atomic mass is 16.3. The molecule has 0 saturated heterocycles. The van der Waals surface area contributed by atoms with Crippen molar-refractivity contribution in [1.82, 2.24) is 20.4 Å². The smallest absolute Gasteiger partial charge is 0.320 e. The lowest BCUT2D eigenvalue weighted by Gasteiger charge is -2.40. The van der Waals surface area contributed by atoms with Crippen molar-refractivity contribution >= 4 is 17.8 Å². The molecule has 8 nitrogen and oxygen atoms in total. The summed E-state index contributed by atoms with van der Waals surface area (Å²) < 4.78 is 1.54. The number of nitrogens with zero attached hydrogens (tertiary/aromatic N) is 2. The summed E-state index contributed by atoms with van der Waals surface area (Å²) in [6.45, 7) is 5.92. The van der Waals surface area contributed by atoms with Crippen LogP contribution in [-0.4, -0.2) is 40.0 Å². The molecule has 1 aliphatic carbocycles. The van der Waals surface area contributed by atoms with Crippen molar-refractivity contribution in [1.29, 1.82) is 0 Å². The number of carbonyl (C=O) groups is 2. The molecule has 1 heterocycles. The molecule has 4 rings (SSSR count). The number of nitrogens with one attached hydrogen (secondary N) is 3. The minimum absolute atomic E-state index is 0.199. The van der Waals surface area contributed by atoms with Crippen LogP contribution in [-0.2, 0) is 5.41 Å². The molecule has 172 valence electrons. The van der Waals surface area contributed by atoms with Gasteiger partial charge in [-0.15, -0.1) is 0 Å². The number of hydrogen-bond acceptors (Lipinski definition) is 4. The van der Waals surface area contributed by atoms with E-state index in [1.807, 2.05) is 54.6 Å². The van der Waals surface area contributed by atoms with Crippen LogP contribution in [0.15, 0.2) is 54.6 Å². The first-order valence-electron chi connectivity index (χ1n) is 10.9. The Kier molecular flexibility index (Phi) is 5.95. The van der Waals surface area contributed by atoms with Crippen molar-refractivity contribution in [2.45, 2.75) is 44.8 Å². The minimum Gasteiger partial charge on any atom is -0.391 e. The lowest BCUT2D eigenvalue weighted by atomic mass is 9.70. The molecule has 0 spiro atoms. The zero-order chi connectivity index (χ0) is 23.8. The van der Waals surface area contributed by atoms with Crippen molar-refractivity contribution in [3.05, 3.63) is 77.0 Å². The largest absolute Gasteiger partial charge is 0.391 e. The second-order valence-corrected chi connectivity index (χ2v) is 8.97. The number of urea groups is 1. The molecule has 1 unspecified atom stereocenters. The van der Waals surface area contributed by atoms with Crippen LogP contribution in [0.4, 0.5) is 10.6 Å². The summed E-state index contributed by atoms with van der Waals surface area (Å²) in [6, 6.07) is 16.1. The average molecular weight is 448 g/mol. The van der Waals surface area contributed by atoms with Crippen LogP contribution in [0.5, 0.6) is 0 Å². The van der Waals surface area contributed by atoms with Gasteiger partial charge in [0.25, 0.3) is 5.91 Å². The van der Waals surface area contributed by atoms with Crippen LogP contribution in [0.3, 0.4) is 0 Å². The molecule has 0 fully saturated rings. The highest BCUT2D eigenvalue weighted by molar-refractivity contribution is 5.97. The van der Waals surface area contributed by atoms with Gasteiger partial charge in [-0.1, -0.05) is 56.3 Å². The van der Waals surface area contributed by atoms with Crippen LogP contribution in [0.1, 0.15) is 53.5 Å². The van der Waals surface area contributed by atoms with Gasteiger partial charge in [0.05, 0.1) is 17.8 Å². The quantitative estimate of drug-likeness (QED) is 0.491. The number of fused-ring (bicyclic) bond motifs is 1. The number of hydrogen-bond donors (Lipinski definition) is 4. The number of para-hydroxylation sites is 1. The predicted molar refractivity (Wildman–Crippen MR) is 127 cm³/mol. The van der Waals surface area contributed by atoms with Gasteiger partial charge in [-0.3, -0.25) is 10.1 Å². The van der Waals surface area contributed by atoms with Gasteiger partial charge in [0.2, 0.25) is 0 Å². The first kappa shape index (κ1) is 22.5. The van der Waals surface area contributed by atoms with E-state index in [0.717, 1.165) is 11.1 Å². The van der Waals surface area contributed by atoms with Crippen LogP contribution < -0.4 is 16.0 Å². The summed E-state index contributed by atoms with van der Waals surface area (Å²) >= 11 is 0. The molecular weight excluding hydrogens is 418 g/mol. The normalized spacial score (nSPS) is 18.8. The molecule has 4 N–H and O–H groups in total. The standard InChI is InChI=1S/C25H29N5O3/c1-15-20(23(32)26-4)29-30(16-10-6-5-7-11-16)22(15)28-24(33)27-21-17-12-8-9-13-18(17)25(2,3)14-19(21)31/h5-13,19,21,31H,14H2,1-4H3,(H,26,32)(H2,27,28,33)/t19-,21?/m1/s1. The summed E-state index contributed by atoms with van der Waals surface area (Å²) in [6.07, 6.45) is -0.210. The van der Waals surface area contributed by atoms with Gasteiger partial charge in [0.15, 0.2) is 5.69 Å². The maximum absolute atomic E-state index is 13.1. The molecular formula is C25H29N5O3. The van der Waals surface area contributed by atoms with Gasteiger partial charge in [-0.05, 0) is 42.0 Å². The third kappa shape index (κ3) is 4.21. The number of benzene rings is 2. The van der Waals surface area contributed by atoms with Crippen molar-refractivity contribution in [2.24, 2.45) is 0 Å². The van der Waals surface area contributed by atoms with E-state index in [1.54, 1.807) is 6.92 Å². The highest BCUT2D eigenvalue weighted by Gasteiger charge is 2.39. The molecule has 0 saturated carbocycles. The Balaban J connectivity index is 1.65. The molecule has 0 bridgehead atoms. The van der Waals surface area contributed by atoms with Crippen molar-refractivity contribution < 1.29 is 14.7 Å². The van der Waals surface area contributed by atoms with Crippen LogP contribution in [0.25, 0.3) is 5.69 Å². The summed E-state index contributed by atoms with van der Waals surface area (Å²) in [5, 5.41) is 23.6. The first-order chi connectivity index (χ1) is 15.7. The Hall–Kier alpha value is -3.65. The molecule has 1 aliphatic rings. The third-order valence-electron chi connectivity index (χ3n) is 6.21. The lowest BCUT2D eigenvalue weighted by molar-refractivity contribution is 0.0883. The van der Waals surface area contributed by atoms with Gasteiger partial charge in [-0.2, -0.15) is 5.10 Å². The SMILES string of the molecule is CNC(=O)c1nn(-c2ccccc2)c(NC(=O)NC2c3ccccc3C(C)(C)C[C@H]2O)c1C. The van der Waals surface area contributed by atoms with E-state index in [4.69, 9.17) is 0 Å². The van der Waals surface area contributed by atoms with E-state index < -0.39 is 18.2 Å². The summed E-state index contributed by atoms with van der Waals surface area (Å²) in [4.78, 5) is 25.4. The van der Waals surface area contributed by atoms with E-state index in [1.165, 1.54) is 11.7 Å². The number of amides is 3. The predicted octanol–water partition coefficient (Wildman–Crippen LogP) is 3.45. The Morgan fingerprint density at radius 3 is 2.45 bits per heavy atom. The Morgan fingerprint density at radius 2 is 1.76 bits per heavy atom. The molecule has 3 amide bonds. The first-order valence-corrected chi connectivity index (χ1v) is 10.9.